The summed E-state index contributed by atoms with van der Waals surface area (Å²) in [5, 5.41) is 9.31. The SMILES string of the molecule is CCO[Si](CCCN(CCCO)CCC[Si](OCC)(OCC)OCC)(OCC)OCC. The highest BCUT2D eigenvalue weighted by atomic mass is 28.4. The van der Waals surface area contributed by atoms with E-state index in [1.54, 1.807) is 0 Å². The third kappa shape index (κ3) is 13.4. The Balaban J connectivity index is 4.86. The fourth-order valence-electron chi connectivity index (χ4n) is 3.67. The Kier molecular flexibility index (Phi) is 19.6. The van der Waals surface area contributed by atoms with E-state index in [2.05, 4.69) is 4.90 Å². The van der Waals surface area contributed by atoms with Crippen LogP contribution >= 0.6 is 0 Å². The zero-order chi connectivity index (χ0) is 23.4. The number of rotatable bonds is 23. The lowest BCUT2D eigenvalue weighted by molar-refractivity contribution is 0.0691. The summed E-state index contributed by atoms with van der Waals surface area (Å²) in [6.07, 6.45) is 2.63. The standard InChI is InChI=1S/C21H49NO7Si2/c1-7-24-30(25-8-2,26-9-3)20-14-17-22(16-13-19-23)18-15-21-31(27-10-4,28-11-5)29-12-6/h23H,7-21H2,1-6H3. The summed E-state index contributed by atoms with van der Waals surface area (Å²) in [5.74, 6) is 0. The largest absolute Gasteiger partial charge is 0.500 e. The molecule has 8 nitrogen and oxygen atoms in total. The van der Waals surface area contributed by atoms with Crippen molar-refractivity contribution in [1.29, 1.82) is 0 Å². The van der Waals surface area contributed by atoms with Gasteiger partial charge in [-0.25, -0.2) is 0 Å². The van der Waals surface area contributed by atoms with Crippen LogP contribution in [-0.2, 0) is 26.6 Å². The second kappa shape index (κ2) is 19.6. The van der Waals surface area contributed by atoms with Crippen molar-refractivity contribution in [3.8, 4) is 0 Å². The van der Waals surface area contributed by atoms with Crippen LogP contribution < -0.4 is 0 Å². The van der Waals surface area contributed by atoms with Crippen LogP contribution in [0.1, 0.15) is 60.8 Å². The lowest BCUT2D eigenvalue weighted by atomic mass is 10.3. The fourth-order valence-corrected chi connectivity index (χ4v) is 8.86. The van der Waals surface area contributed by atoms with Crippen molar-refractivity contribution in [2.45, 2.75) is 72.9 Å². The molecule has 0 aromatic carbocycles. The van der Waals surface area contributed by atoms with Gasteiger partial charge in [-0.15, -0.1) is 0 Å². The molecule has 0 bridgehead atoms. The highest BCUT2D eigenvalue weighted by Crippen LogP contribution is 2.21. The minimum absolute atomic E-state index is 0.196. The minimum Gasteiger partial charge on any atom is -0.396 e. The van der Waals surface area contributed by atoms with Gasteiger partial charge in [0.2, 0.25) is 0 Å². The first kappa shape index (κ1) is 31.1. The number of hydrogen-bond donors (Lipinski definition) is 1. The lowest BCUT2D eigenvalue weighted by Crippen LogP contribution is -2.47. The molecule has 0 aliphatic rings. The normalized spacial score (nSPS) is 12.8. The third-order valence-electron chi connectivity index (χ3n) is 4.73. The Bertz CT molecular complexity index is 342. The number of nitrogens with zero attached hydrogens (tertiary/aromatic N) is 1. The van der Waals surface area contributed by atoms with E-state index in [1.165, 1.54) is 0 Å². The summed E-state index contributed by atoms with van der Waals surface area (Å²) < 4.78 is 35.8. The first-order valence-corrected chi connectivity index (χ1v) is 16.0. The third-order valence-corrected chi connectivity index (χ3v) is 11.0. The summed E-state index contributed by atoms with van der Waals surface area (Å²) in [6, 6.07) is 1.60. The highest BCUT2D eigenvalue weighted by molar-refractivity contribution is 6.61. The minimum atomic E-state index is -2.62. The van der Waals surface area contributed by atoms with Gasteiger partial charge in [0.25, 0.3) is 0 Å². The molecule has 0 aromatic heterocycles. The molecule has 0 rings (SSSR count). The number of aliphatic hydroxyl groups excluding tert-OH is 1. The topological polar surface area (TPSA) is 78.9 Å². The number of aliphatic hydroxyl groups is 1. The lowest BCUT2D eigenvalue weighted by Gasteiger charge is -2.31. The van der Waals surface area contributed by atoms with E-state index in [4.69, 9.17) is 26.6 Å². The molecule has 0 aliphatic heterocycles. The Hall–Kier alpha value is 0.114. The van der Waals surface area contributed by atoms with Crippen LogP contribution in [0.25, 0.3) is 0 Å². The van der Waals surface area contributed by atoms with Gasteiger partial charge >= 0.3 is 17.6 Å². The van der Waals surface area contributed by atoms with Gasteiger partial charge in [-0.05, 0) is 73.9 Å². The van der Waals surface area contributed by atoms with Crippen molar-refractivity contribution in [3.05, 3.63) is 0 Å². The monoisotopic (exact) mass is 483 g/mol. The van der Waals surface area contributed by atoms with E-state index in [9.17, 15) is 5.11 Å². The molecular weight excluding hydrogens is 434 g/mol. The van der Waals surface area contributed by atoms with Crippen LogP contribution in [-0.4, -0.2) is 93.5 Å². The molecule has 0 unspecified atom stereocenters. The zero-order valence-corrected chi connectivity index (χ0v) is 23.0. The van der Waals surface area contributed by atoms with Crippen molar-refractivity contribution in [3.63, 3.8) is 0 Å². The predicted octanol–water partition coefficient (Wildman–Crippen LogP) is 3.55. The summed E-state index contributed by atoms with van der Waals surface area (Å²) in [5.41, 5.74) is 0. The fraction of sp³-hybridized carbons (Fsp3) is 1.00. The Morgan fingerprint density at radius 2 is 0.806 bits per heavy atom. The van der Waals surface area contributed by atoms with Crippen LogP contribution in [0.15, 0.2) is 0 Å². The van der Waals surface area contributed by atoms with Crippen LogP contribution in [0.2, 0.25) is 12.1 Å². The van der Waals surface area contributed by atoms with Gasteiger partial charge in [-0.1, -0.05) is 0 Å². The molecule has 31 heavy (non-hydrogen) atoms. The Morgan fingerprint density at radius 3 is 1.06 bits per heavy atom. The van der Waals surface area contributed by atoms with Crippen LogP contribution in [0.3, 0.4) is 0 Å². The van der Waals surface area contributed by atoms with Gasteiger partial charge in [0.05, 0.1) is 0 Å². The molecule has 0 spiro atoms. The van der Waals surface area contributed by atoms with E-state index in [0.717, 1.165) is 51.0 Å². The van der Waals surface area contributed by atoms with Gasteiger partial charge in [0.15, 0.2) is 0 Å². The molecule has 0 saturated carbocycles. The molecule has 0 aliphatic carbocycles. The Labute approximate surface area is 193 Å². The molecular formula is C21H49NO7Si2. The molecule has 10 heteroatoms. The highest BCUT2D eigenvalue weighted by Gasteiger charge is 2.41. The molecule has 0 fully saturated rings. The van der Waals surface area contributed by atoms with Crippen LogP contribution in [0.4, 0.5) is 0 Å². The molecule has 0 radical (unpaired) electrons. The quantitative estimate of drug-likeness (QED) is 0.221. The first-order valence-electron chi connectivity index (χ1n) is 12.2. The maximum Gasteiger partial charge on any atom is 0.500 e. The number of hydrogen-bond acceptors (Lipinski definition) is 8. The molecule has 0 aromatic rings. The first-order chi connectivity index (χ1) is 15.0. The van der Waals surface area contributed by atoms with E-state index >= 15 is 0 Å². The average Bonchev–Trinajstić information content (AvgIpc) is 2.73. The molecule has 1 N–H and O–H groups in total. The summed E-state index contributed by atoms with van der Waals surface area (Å²) in [7, 11) is -5.23. The predicted molar refractivity (Wildman–Crippen MR) is 128 cm³/mol. The molecule has 0 saturated heterocycles. The average molecular weight is 484 g/mol. The van der Waals surface area contributed by atoms with Gasteiger partial charge in [-0.3, -0.25) is 0 Å². The van der Waals surface area contributed by atoms with Crippen LogP contribution in [0, 0.1) is 0 Å². The van der Waals surface area contributed by atoms with Gasteiger partial charge in [-0.2, -0.15) is 0 Å². The maximum atomic E-state index is 9.31. The molecule has 0 atom stereocenters. The van der Waals surface area contributed by atoms with Gasteiger partial charge < -0.3 is 36.6 Å². The van der Waals surface area contributed by atoms with E-state index < -0.39 is 17.6 Å². The van der Waals surface area contributed by atoms with Gasteiger partial charge in [0, 0.05) is 64.9 Å². The van der Waals surface area contributed by atoms with Crippen molar-refractivity contribution in [2.24, 2.45) is 0 Å². The summed E-state index contributed by atoms with van der Waals surface area (Å²) in [6.45, 7) is 18.4. The Morgan fingerprint density at radius 1 is 0.516 bits per heavy atom. The van der Waals surface area contributed by atoms with Crippen molar-refractivity contribution in [2.75, 3.05) is 65.9 Å². The second-order valence-electron chi connectivity index (χ2n) is 7.09. The summed E-state index contributed by atoms with van der Waals surface area (Å²) >= 11 is 0. The van der Waals surface area contributed by atoms with E-state index in [0.29, 0.717) is 39.6 Å². The summed E-state index contributed by atoms with van der Waals surface area (Å²) in [4.78, 5) is 2.39. The van der Waals surface area contributed by atoms with E-state index in [1.807, 2.05) is 41.5 Å². The molecule has 188 valence electrons. The van der Waals surface area contributed by atoms with E-state index in [-0.39, 0.29) is 6.61 Å². The van der Waals surface area contributed by atoms with Gasteiger partial charge in [0.1, 0.15) is 0 Å². The van der Waals surface area contributed by atoms with Crippen molar-refractivity contribution < 1.29 is 31.7 Å². The molecule has 0 amide bonds. The molecule has 0 heterocycles. The maximum absolute atomic E-state index is 9.31. The smallest absolute Gasteiger partial charge is 0.396 e. The van der Waals surface area contributed by atoms with Crippen LogP contribution in [0.5, 0.6) is 0 Å². The van der Waals surface area contributed by atoms with Crippen molar-refractivity contribution in [1.82, 2.24) is 4.90 Å². The van der Waals surface area contributed by atoms with Crippen molar-refractivity contribution >= 4 is 17.6 Å². The zero-order valence-electron chi connectivity index (χ0n) is 21.0. The second-order valence-corrected chi connectivity index (χ2v) is 12.6.